The van der Waals surface area contributed by atoms with Crippen LogP contribution >= 0.6 is 0 Å². The maximum absolute atomic E-state index is 11.0. The Morgan fingerprint density at radius 2 is 2.25 bits per heavy atom. The van der Waals surface area contributed by atoms with Gasteiger partial charge in [-0.1, -0.05) is 6.07 Å². The lowest BCUT2D eigenvalue weighted by molar-refractivity contribution is -0.119. The van der Waals surface area contributed by atoms with Gasteiger partial charge in [0.05, 0.1) is 12.2 Å². The average Bonchev–Trinajstić information content (AvgIpc) is 2.19. The minimum absolute atomic E-state index is 0.0267. The molecule has 0 bridgehead atoms. The van der Waals surface area contributed by atoms with E-state index < -0.39 is 11.9 Å². The monoisotopic (exact) mass is 222 g/mol. The summed E-state index contributed by atoms with van der Waals surface area (Å²) >= 11 is 0. The Hall–Kier alpha value is -1.95. The molecule has 1 aromatic heterocycles. The minimum atomic E-state index is -0.846. The van der Waals surface area contributed by atoms with Gasteiger partial charge in [-0.2, -0.15) is 0 Å². The van der Waals surface area contributed by atoms with E-state index in [0.717, 1.165) is 11.3 Å². The molecule has 4 N–H and O–H groups in total. The van der Waals surface area contributed by atoms with Gasteiger partial charge in [0.1, 0.15) is 0 Å². The van der Waals surface area contributed by atoms with Crippen LogP contribution in [0.4, 0.5) is 4.79 Å². The van der Waals surface area contributed by atoms with Crippen LogP contribution in [0.5, 0.6) is 0 Å². The number of nitrogens with one attached hydrogen (secondary N) is 2. The van der Waals surface area contributed by atoms with Crippen molar-refractivity contribution < 1.29 is 9.59 Å². The molecular weight excluding hydrogens is 208 g/mol. The standard InChI is InChI=1S/C10H14N4O2/c1-7-3-2-4-13-8(7)5-12-6-9(15)14-10(11)16/h2-4,12H,5-6H2,1H3,(H3,11,14,15,16). The van der Waals surface area contributed by atoms with Gasteiger partial charge in [-0.25, -0.2) is 4.79 Å². The molecule has 0 aliphatic heterocycles. The zero-order valence-electron chi connectivity index (χ0n) is 8.99. The van der Waals surface area contributed by atoms with Crippen molar-refractivity contribution in [1.29, 1.82) is 0 Å². The second-order valence-corrected chi connectivity index (χ2v) is 3.28. The molecule has 0 atom stereocenters. The van der Waals surface area contributed by atoms with Crippen LogP contribution in [-0.4, -0.2) is 23.5 Å². The van der Waals surface area contributed by atoms with Crippen molar-refractivity contribution in [1.82, 2.24) is 15.6 Å². The SMILES string of the molecule is Cc1cccnc1CNCC(=O)NC(N)=O. The van der Waals surface area contributed by atoms with Crippen LogP contribution in [0.25, 0.3) is 0 Å². The van der Waals surface area contributed by atoms with Gasteiger partial charge in [-0.15, -0.1) is 0 Å². The third-order valence-electron chi connectivity index (χ3n) is 1.96. The molecular formula is C10H14N4O2. The fourth-order valence-corrected chi connectivity index (χ4v) is 1.18. The highest BCUT2D eigenvalue weighted by Crippen LogP contribution is 2.01. The van der Waals surface area contributed by atoms with Crippen LogP contribution in [-0.2, 0) is 11.3 Å². The number of primary amides is 1. The number of aromatic nitrogens is 1. The summed E-state index contributed by atoms with van der Waals surface area (Å²) in [4.78, 5) is 25.5. The van der Waals surface area contributed by atoms with Crippen LogP contribution in [0.3, 0.4) is 0 Å². The summed E-state index contributed by atoms with van der Waals surface area (Å²) in [7, 11) is 0. The number of urea groups is 1. The highest BCUT2D eigenvalue weighted by atomic mass is 16.2. The number of aryl methyl sites for hydroxylation is 1. The fourth-order valence-electron chi connectivity index (χ4n) is 1.18. The number of nitrogens with zero attached hydrogens (tertiary/aromatic N) is 1. The minimum Gasteiger partial charge on any atom is -0.351 e. The summed E-state index contributed by atoms with van der Waals surface area (Å²) in [6, 6.07) is 2.94. The first kappa shape index (κ1) is 12.1. The van der Waals surface area contributed by atoms with Crippen molar-refractivity contribution in [3.63, 3.8) is 0 Å². The molecule has 0 aliphatic rings. The number of rotatable bonds is 4. The molecule has 0 aliphatic carbocycles. The van der Waals surface area contributed by atoms with Crippen molar-refractivity contribution in [3.8, 4) is 0 Å². The number of carbonyl (C=O) groups excluding carboxylic acids is 2. The van der Waals surface area contributed by atoms with E-state index in [4.69, 9.17) is 5.73 Å². The van der Waals surface area contributed by atoms with E-state index in [1.54, 1.807) is 6.20 Å². The first-order valence-corrected chi connectivity index (χ1v) is 4.80. The van der Waals surface area contributed by atoms with Gasteiger partial charge in [0.2, 0.25) is 5.91 Å². The van der Waals surface area contributed by atoms with Crippen LogP contribution in [0.15, 0.2) is 18.3 Å². The van der Waals surface area contributed by atoms with Crippen LogP contribution < -0.4 is 16.4 Å². The lowest BCUT2D eigenvalue weighted by Crippen LogP contribution is -2.40. The molecule has 0 saturated heterocycles. The molecule has 3 amide bonds. The Bertz CT molecular complexity index is 392. The number of hydrogen-bond acceptors (Lipinski definition) is 4. The molecule has 6 heteroatoms. The molecule has 1 rings (SSSR count). The largest absolute Gasteiger partial charge is 0.351 e. The van der Waals surface area contributed by atoms with Gasteiger partial charge < -0.3 is 11.1 Å². The number of amides is 3. The Kier molecular flexibility index (Phi) is 4.41. The predicted molar refractivity (Wildman–Crippen MR) is 58.4 cm³/mol. The quantitative estimate of drug-likeness (QED) is 0.650. The summed E-state index contributed by atoms with van der Waals surface area (Å²) < 4.78 is 0. The maximum atomic E-state index is 11.0. The Morgan fingerprint density at radius 3 is 2.88 bits per heavy atom. The van der Waals surface area contributed by atoms with E-state index in [0.29, 0.717) is 6.54 Å². The highest BCUT2D eigenvalue weighted by molar-refractivity contribution is 5.94. The van der Waals surface area contributed by atoms with Gasteiger partial charge >= 0.3 is 6.03 Å². The molecule has 0 spiro atoms. The van der Waals surface area contributed by atoms with E-state index in [9.17, 15) is 9.59 Å². The average molecular weight is 222 g/mol. The molecule has 6 nitrogen and oxygen atoms in total. The van der Waals surface area contributed by atoms with Crippen molar-refractivity contribution in [2.24, 2.45) is 5.73 Å². The molecule has 0 radical (unpaired) electrons. The maximum Gasteiger partial charge on any atom is 0.318 e. The van der Waals surface area contributed by atoms with Gasteiger partial charge in [-0.3, -0.25) is 15.1 Å². The molecule has 0 fully saturated rings. The molecule has 0 unspecified atom stereocenters. The Balaban J connectivity index is 2.33. The fraction of sp³-hybridized carbons (Fsp3) is 0.300. The molecule has 0 aromatic carbocycles. The summed E-state index contributed by atoms with van der Waals surface area (Å²) in [5.74, 6) is -0.457. The van der Waals surface area contributed by atoms with Crippen LogP contribution in [0.2, 0.25) is 0 Å². The highest BCUT2D eigenvalue weighted by Gasteiger charge is 2.04. The summed E-state index contributed by atoms with van der Waals surface area (Å²) in [6.07, 6.45) is 1.69. The van der Waals surface area contributed by atoms with Crippen molar-refractivity contribution in [2.75, 3.05) is 6.54 Å². The van der Waals surface area contributed by atoms with Gasteiger partial charge in [0, 0.05) is 12.7 Å². The predicted octanol–water partition coefficient (Wildman–Crippen LogP) is -0.325. The van der Waals surface area contributed by atoms with Gasteiger partial charge in [0.15, 0.2) is 0 Å². The second-order valence-electron chi connectivity index (χ2n) is 3.28. The molecule has 1 aromatic rings. The smallest absolute Gasteiger partial charge is 0.318 e. The Morgan fingerprint density at radius 1 is 1.50 bits per heavy atom. The lowest BCUT2D eigenvalue weighted by atomic mass is 10.2. The van der Waals surface area contributed by atoms with E-state index in [1.807, 2.05) is 24.4 Å². The van der Waals surface area contributed by atoms with Crippen molar-refractivity contribution in [3.05, 3.63) is 29.6 Å². The molecule has 0 saturated carbocycles. The Labute approximate surface area is 93.2 Å². The zero-order chi connectivity index (χ0) is 12.0. The van der Waals surface area contributed by atoms with Crippen molar-refractivity contribution >= 4 is 11.9 Å². The third kappa shape index (κ3) is 4.05. The van der Waals surface area contributed by atoms with Crippen LogP contribution in [0, 0.1) is 6.92 Å². The number of pyridine rings is 1. The number of nitrogens with two attached hydrogens (primary N) is 1. The normalized spacial score (nSPS) is 9.81. The van der Waals surface area contributed by atoms with Gasteiger partial charge in [-0.05, 0) is 18.6 Å². The number of imide groups is 1. The van der Waals surface area contributed by atoms with E-state index in [2.05, 4.69) is 10.3 Å². The first-order chi connectivity index (χ1) is 7.59. The van der Waals surface area contributed by atoms with Crippen molar-refractivity contribution in [2.45, 2.75) is 13.5 Å². The van der Waals surface area contributed by atoms with E-state index in [1.165, 1.54) is 0 Å². The molecule has 1 heterocycles. The van der Waals surface area contributed by atoms with Crippen LogP contribution in [0.1, 0.15) is 11.3 Å². The first-order valence-electron chi connectivity index (χ1n) is 4.80. The molecule has 86 valence electrons. The zero-order valence-corrected chi connectivity index (χ0v) is 8.99. The molecule has 16 heavy (non-hydrogen) atoms. The summed E-state index contributed by atoms with van der Waals surface area (Å²) in [5, 5.41) is 4.83. The van der Waals surface area contributed by atoms with Gasteiger partial charge in [0.25, 0.3) is 0 Å². The summed E-state index contributed by atoms with van der Waals surface area (Å²) in [6.45, 7) is 2.44. The van der Waals surface area contributed by atoms with E-state index in [-0.39, 0.29) is 6.54 Å². The number of hydrogen-bond donors (Lipinski definition) is 3. The topological polar surface area (TPSA) is 97.1 Å². The lowest BCUT2D eigenvalue weighted by Gasteiger charge is -2.05. The second kappa shape index (κ2) is 5.82. The van der Waals surface area contributed by atoms with E-state index >= 15 is 0 Å². The third-order valence-corrected chi connectivity index (χ3v) is 1.96. The summed E-state index contributed by atoms with van der Waals surface area (Å²) in [5.41, 5.74) is 6.71. The number of carbonyl (C=O) groups is 2.